The topological polar surface area (TPSA) is 92.2 Å². The van der Waals surface area contributed by atoms with E-state index in [-0.39, 0.29) is 23.9 Å². The van der Waals surface area contributed by atoms with Crippen molar-refractivity contribution in [1.29, 1.82) is 0 Å². The number of carboxylic acids is 1. The van der Waals surface area contributed by atoms with Crippen molar-refractivity contribution >= 4 is 17.9 Å². The average molecular weight is 656 g/mol. The van der Waals surface area contributed by atoms with Gasteiger partial charge in [0.25, 0.3) is 0 Å². The number of amides is 1. The molecule has 1 aliphatic carbocycles. The summed E-state index contributed by atoms with van der Waals surface area (Å²) in [4.78, 5) is 33.4. The van der Waals surface area contributed by atoms with Crippen molar-refractivity contribution in [1.82, 2.24) is 9.88 Å². The van der Waals surface area contributed by atoms with Crippen LogP contribution in [0.3, 0.4) is 0 Å². The first-order valence-electron chi connectivity index (χ1n) is 15.9. The Hall–Kier alpha value is -4.35. The number of halogens is 4. The van der Waals surface area contributed by atoms with E-state index in [1.54, 1.807) is 14.0 Å². The molecule has 2 unspecified atom stereocenters. The number of carbonyl (C=O) groups is 2. The van der Waals surface area contributed by atoms with Crippen molar-refractivity contribution < 1.29 is 41.7 Å². The Morgan fingerprint density at radius 3 is 2.40 bits per heavy atom. The Morgan fingerprint density at radius 2 is 1.79 bits per heavy atom. The number of carboxylic acid groups (broad SMARTS) is 1. The molecule has 0 bridgehead atoms. The molecule has 3 fully saturated rings. The van der Waals surface area contributed by atoms with E-state index < -0.39 is 41.8 Å². The number of hydrogen-bond acceptors (Lipinski definition) is 6. The molecular formula is C35H37F4N3O5. The third kappa shape index (κ3) is 6.46. The number of cyclic esters (lactones) is 1. The van der Waals surface area contributed by atoms with Crippen LogP contribution in [0, 0.1) is 18.7 Å². The standard InChI is InChI=1S/C35H37F4N3O5/c1-19-13-30(41-11-4-12-41)40-28(18-42-20(2)32(47-34(42)45)24-14-25(35(37,38)39)17-26(36)15-24)31(19)27-16-23(9-10-29(27)46-3)21-5-7-22(8-6-21)33(43)44/h9-10,13-17,20-22,32H,4-8,11-12,18H2,1-3H3,(H,43,44)/t20?,21-,22-,32?. The molecule has 3 aliphatic rings. The zero-order valence-corrected chi connectivity index (χ0v) is 26.4. The number of aliphatic carboxylic acids is 1. The second-order valence-electron chi connectivity index (χ2n) is 12.8. The zero-order chi connectivity index (χ0) is 33.6. The van der Waals surface area contributed by atoms with E-state index in [0.717, 1.165) is 72.6 Å². The van der Waals surface area contributed by atoms with Crippen LogP contribution in [0.1, 0.15) is 79.0 Å². The van der Waals surface area contributed by atoms with Gasteiger partial charge in [0.2, 0.25) is 0 Å². The number of rotatable bonds is 8. The van der Waals surface area contributed by atoms with E-state index in [2.05, 4.69) is 11.0 Å². The predicted molar refractivity (Wildman–Crippen MR) is 166 cm³/mol. The van der Waals surface area contributed by atoms with Crippen LogP contribution in [0.4, 0.5) is 28.2 Å². The second-order valence-corrected chi connectivity index (χ2v) is 12.8. The zero-order valence-electron chi connectivity index (χ0n) is 26.4. The molecule has 0 spiro atoms. The fraction of sp³-hybridized carbons (Fsp3) is 0.457. The van der Waals surface area contributed by atoms with E-state index in [9.17, 15) is 32.3 Å². The molecule has 1 amide bonds. The highest BCUT2D eigenvalue weighted by molar-refractivity contribution is 5.78. The highest BCUT2D eigenvalue weighted by Crippen LogP contribution is 2.43. The summed E-state index contributed by atoms with van der Waals surface area (Å²) in [5, 5.41) is 9.47. The summed E-state index contributed by atoms with van der Waals surface area (Å²) in [6, 6.07) is 9.43. The van der Waals surface area contributed by atoms with Gasteiger partial charge in [0.1, 0.15) is 23.5 Å². The molecule has 250 valence electrons. The molecule has 2 atom stereocenters. The smallest absolute Gasteiger partial charge is 0.416 e. The summed E-state index contributed by atoms with van der Waals surface area (Å²) >= 11 is 0. The van der Waals surface area contributed by atoms with Crippen molar-refractivity contribution in [3.8, 4) is 16.9 Å². The lowest BCUT2D eigenvalue weighted by atomic mass is 9.78. The van der Waals surface area contributed by atoms with Gasteiger partial charge >= 0.3 is 18.2 Å². The van der Waals surface area contributed by atoms with Crippen LogP contribution in [0.15, 0.2) is 42.5 Å². The number of benzene rings is 2. The summed E-state index contributed by atoms with van der Waals surface area (Å²) in [6.07, 6.45) is -2.91. The van der Waals surface area contributed by atoms with Gasteiger partial charge in [0, 0.05) is 24.2 Å². The van der Waals surface area contributed by atoms with Crippen molar-refractivity contribution in [2.45, 2.75) is 76.7 Å². The first-order valence-corrected chi connectivity index (χ1v) is 15.9. The van der Waals surface area contributed by atoms with E-state index in [1.807, 2.05) is 25.1 Å². The molecule has 6 rings (SSSR count). The third-order valence-electron chi connectivity index (χ3n) is 9.79. The maximum absolute atomic E-state index is 14.3. The predicted octanol–water partition coefficient (Wildman–Crippen LogP) is 7.87. The summed E-state index contributed by atoms with van der Waals surface area (Å²) in [5.41, 5.74) is 2.83. The van der Waals surface area contributed by atoms with Gasteiger partial charge in [0.15, 0.2) is 0 Å². The molecule has 12 heteroatoms. The largest absolute Gasteiger partial charge is 0.496 e. The number of anilines is 1. The minimum atomic E-state index is -4.76. The molecule has 47 heavy (non-hydrogen) atoms. The molecule has 1 N–H and O–H groups in total. The number of ether oxygens (including phenoxy) is 2. The lowest BCUT2D eigenvalue weighted by Gasteiger charge is -2.33. The second kappa shape index (κ2) is 12.7. The van der Waals surface area contributed by atoms with Gasteiger partial charge in [-0.05, 0) is 105 Å². The molecular weight excluding hydrogens is 618 g/mol. The Morgan fingerprint density at radius 1 is 1.06 bits per heavy atom. The summed E-state index contributed by atoms with van der Waals surface area (Å²) in [6.45, 7) is 5.30. The molecule has 2 aromatic carbocycles. The van der Waals surface area contributed by atoms with Crippen LogP contribution in [0.2, 0.25) is 0 Å². The van der Waals surface area contributed by atoms with Gasteiger partial charge in [0.05, 0.1) is 36.9 Å². The monoisotopic (exact) mass is 655 g/mol. The van der Waals surface area contributed by atoms with E-state index in [4.69, 9.17) is 14.5 Å². The third-order valence-corrected chi connectivity index (χ3v) is 9.79. The minimum Gasteiger partial charge on any atom is -0.496 e. The molecule has 1 saturated carbocycles. The van der Waals surface area contributed by atoms with Gasteiger partial charge in [-0.3, -0.25) is 9.69 Å². The number of alkyl halides is 3. The van der Waals surface area contributed by atoms with Gasteiger partial charge in [-0.25, -0.2) is 14.2 Å². The number of aromatic nitrogens is 1. The van der Waals surface area contributed by atoms with E-state index in [1.165, 1.54) is 4.90 Å². The lowest BCUT2D eigenvalue weighted by molar-refractivity contribution is -0.143. The molecule has 2 saturated heterocycles. The fourth-order valence-corrected chi connectivity index (χ4v) is 7.02. The van der Waals surface area contributed by atoms with Crippen molar-refractivity contribution in [2.75, 3.05) is 25.1 Å². The highest BCUT2D eigenvalue weighted by atomic mass is 19.4. The molecule has 3 heterocycles. The maximum atomic E-state index is 14.3. The van der Waals surface area contributed by atoms with Gasteiger partial charge in [-0.2, -0.15) is 13.2 Å². The fourth-order valence-electron chi connectivity index (χ4n) is 7.02. The SMILES string of the molecule is COc1ccc([C@H]2CC[C@H](C(=O)O)CC2)cc1-c1c(C)cc(N2CCC2)nc1CN1C(=O)OC(c2cc(F)cc(C(F)(F)F)c2)C1C. The summed E-state index contributed by atoms with van der Waals surface area (Å²) in [5.74, 6) is -0.634. The molecule has 0 radical (unpaired) electrons. The average Bonchev–Trinajstić information content (AvgIpc) is 3.27. The number of hydrogen-bond donors (Lipinski definition) is 1. The van der Waals surface area contributed by atoms with Crippen LogP contribution >= 0.6 is 0 Å². The highest BCUT2D eigenvalue weighted by Gasteiger charge is 2.42. The van der Waals surface area contributed by atoms with Gasteiger partial charge < -0.3 is 19.5 Å². The summed E-state index contributed by atoms with van der Waals surface area (Å²) < 4.78 is 66.1. The van der Waals surface area contributed by atoms with Crippen molar-refractivity contribution in [3.05, 3.63) is 76.2 Å². The first kappa shape index (κ1) is 32.6. The Bertz CT molecular complexity index is 1680. The minimum absolute atomic E-state index is 0.00704. The molecule has 2 aliphatic heterocycles. The quantitative estimate of drug-likeness (QED) is 0.247. The Labute approximate surface area is 270 Å². The molecule has 8 nitrogen and oxygen atoms in total. The van der Waals surface area contributed by atoms with Crippen LogP contribution in [0.5, 0.6) is 5.75 Å². The van der Waals surface area contributed by atoms with E-state index >= 15 is 0 Å². The van der Waals surface area contributed by atoms with Crippen LogP contribution in [-0.4, -0.2) is 53.3 Å². The number of carbonyl (C=O) groups excluding carboxylic acids is 1. The van der Waals surface area contributed by atoms with Crippen molar-refractivity contribution in [2.24, 2.45) is 5.92 Å². The van der Waals surface area contributed by atoms with Crippen LogP contribution in [0.25, 0.3) is 11.1 Å². The number of aryl methyl sites for hydroxylation is 1. The van der Waals surface area contributed by atoms with Gasteiger partial charge in [-0.15, -0.1) is 0 Å². The number of nitrogens with zero attached hydrogens (tertiary/aromatic N) is 3. The van der Waals surface area contributed by atoms with E-state index in [0.29, 0.717) is 30.4 Å². The van der Waals surface area contributed by atoms with Crippen LogP contribution < -0.4 is 9.64 Å². The number of pyridine rings is 1. The van der Waals surface area contributed by atoms with Crippen molar-refractivity contribution in [3.63, 3.8) is 0 Å². The summed E-state index contributed by atoms with van der Waals surface area (Å²) in [7, 11) is 1.58. The Kier molecular flexibility index (Phi) is 8.80. The molecule has 3 aromatic rings. The normalized spacial score (nSPS) is 23.0. The lowest BCUT2D eigenvalue weighted by Crippen LogP contribution is -2.38. The molecule has 1 aromatic heterocycles. The number of methoxy groups -OCH3 is 1. The van der Waals surface area contributed by atoms with Crippen LogP contribution in [-0.2, 0) is 22.3 Å². The Balaban J connectivity index is 1.37. The maximum Gasteiger partial charge on any atom is 0.416 e. The first-order chi connectivity index (χ1) is 22.3. The van der Waals surface area contributed by atoms with Gasteiger partial charge in [-0.1, -0.05) is 6.07 Å².